The number of rotatable bonds is 6. The summed E-state index contributed by atoms with van der Waals surface area (Å²) in [5.41, 5.74) is 12.1. The summed E-state index contributed by atoms with van der Waals surface area (Å²) in [6, 6.07) is 111. The number of pyridine rings is 6. The van der Waals surface area contributed by atoms with Crippen LogP contribution in [0, 0.1) is 104 Å². The maximum Gasteiger partial charge on any atom is 3.00 e. The van der Waals surface area contributed by atoms with Crippen LogP contribution >= 0.6 is 23.4 Å². The first-order valence-electron chi connectivity index (χ1n) is 30.5. The summed E-state index contributed by atoms with van der Waals surface area (Å²) in [7, 11) is -32.0. The minimum absolute atomic E-state index is 0. The number of nitriles is 6. The van der Waals surface area contributed by atoms with Crippen molar-refractivity contribution in [2.45, 2.75) is 41.5 Å². The fourth-order valence-electron chi connectivity index (χ4n) is 6.45. The van der Waals surface area contributed by atoms with E-state index in [4.69, 9.17) is 31.6 Å². The van der Waals surface area contributed by atoms with E-state index in [-0.39, 0.29) is 60.3 Å². The minimum Gasteiger partial charge on any atom is -0.305 e. The fraction of sp³-hybridized carbons (Fsp3) is 0.0769. The van der Waals surface area contributed by atoms with Gasteiger partial charge in [-0.3, -0.25) is 0 Å². The predicted molar refractivity (Wildman–Crippen MR) is 399 cm³/mol. The molecule has 36 heteroatoms. The van der Waals surface area contributed by atoms with Crippen LogP contribution in [0.4, 0.5) is 75.5 Å². The summed E-state index contributed by atoms with van der Waals surface area (Å²) in [6.45, 7) is 8.58. The maximum absolute atomic E-state index is 10.7. The third-order valence-corrected chi connectivity index (χ3v) is 9.90. The van der Waals surface area contributed by atoms with Crippen LogP contribution in [0.3, 0.4) is 0 Å². The smallest absolute Gasteiger partial charge is 0.305 e. The van der Waals surface area contributed by atoms with E-state index in [1.807, 2.05) is 255 Å². The first-order valence-corrected chi connectivity index (χ1v) is 36.6. The molecule has 0 unspecified atom stereocenters. The molecule has 6 heterocycles. The molecular formula is C78H66F18Ir3N12P3. The molecule has 0 N–H and O–H groups in total. The van der Waals surface area contributed by atoms with Crippen molar-refractivity contribution in [1.82, 2.24) is 29.9 Å². The van der Waals surface area contributed by atoms with Gasteiger partial charge in [-0.25, -0.2) is 0 Å². The van der Waals surface area contributed by atoms with E-state index in [9.17, 15) is 75.5 Å². The zero-order chi connectivity index (χ0) is 84.8. The van der Waals surface area contributed by atoms with E-state index in [1.165, 1.54) is 41.5 Å². The molecular weight excluding hydrogens is 2120 g/mol. The standard InChI is InChI=1S/6C11H8N.6C2H3N.3F6P.3Ir/c6*1-2-6-10(7-3-1)11-8-4-5-9-12-11;6*1-2-3;3*1-7(2,3,4,5)6;;;/h6*1-6,8-9H;6*1H3;;;;;;/q6*-1;;;;;;;3*-1;3*+3. The average molecular weight is 2180 g/mol. The summed E-state index contributed by atoms with van der Waals surface area (Å²) in [6.07, 6.45) is 10.7. The Bertz CT molecular complexity index is 3670. The molecule has 0 radical (unpaired) electrons. The van der Waals surface area contributed by atoms with Crippen LogP contribution in [-0.2, 0) is 60.3 Å². The molecule has 0 fully saturated rings. The van der Waals surface area contributed by atoms with Crippen LogP contribution in [0.15, 0.2) is 292 Å². The Morgan fingerprint density at radius 3 is 0.368 bits per heavy atom. The molecule has 0 aliphatic heterocycles. The number of halogens is 18. The van der Waals surface area contributed by atoms with Crippen molar-refractivity contribution in [3.05, 3.63) is 328 Å². The number of hydrogen-bond acceptors (Lipinski definition) is 12. The second-order valence-corrected chi connectivity index (χ2v) is 24.9. The van der Waals surface area contributed by atoms with Gasteiger partial charge in [-0.2, -0.15) is 31.6 Å². The van der Waals surface area contributed by atoms with Gasteiger partial charge in [-0.15, -0.1) is 215 Å². The Kier molecular flexibility index (Phi) is 56.4. The van der Waals surface area contributed by atoms with Crippen LogP contribution in [0.1, 0.15) is 41.5 Å². The van der Waals surface area contributed by atoms with Crippen molar-refractivity contribution in [1.29, 1.82) is 31.6 Å². The maximum atomic E-state index is 9.87. The first-order chi connectivity index (χ1) is 51.6. The van der Waals surface area contributed by atoms with E-state index in [1.54, 1.807) is 73.6 Å². The van der Waals surface area contributed by atoms with E-state index >= 15 is 0 Å². The third-order valence-electron chi connectivity index (χ3n) is 9.90. The van der Waals surface area contributed by atoms with E-state index in [0.29, 0.717) is 0 Å². The summed E-state index contributed by atoms with van der Waals surface area (Å²) in [5.74, 6) is 0. The number of nitrogens with zero attached hydrogens (tertiary/aromatic N) is 12. The monoisotopic (exact) mass is 2180 g/mol. The molecule has 12 rings (SSSR count). The van der Waals surface area contributed by atoms with Crippen molar-refractivity contribution in [2.24, 2.45) is 0 Å². The number of hydrogen-bond donors (Lipinski definition) is 0. The zero-order valence-corrected chi connectivity index (χ0v) is 70.1. The zero-order valence-electron chi connectivity index (χ0n) is 60.2. The summed E-state index contributed by atoms with van der Waals surface area (Å²) >= 11 is 0. The first kappa shape index (κ1) is 114. The molecule has 6 aromatic heterocycles. The van der Waals surface area contributed by atoms with Gasteiger partial charge >= 0.3 is 159 Å². The van der Waals surface area contributed by atoms with Gasteiger partial charge in [0, 0.05) is 78.7 Å². The Hall–Kier alpha value is -10.9. The van der Waals surface area contributed by atoms with Gasteiger partial charge in [0.1, 0.15) is 0 Å². The largest absolute Gasteiger partial charge is 3.00 e. The normalized spacial score (nSPS) is 10.8. The fourth-order valence-corrected chi connectivity index (χ4v) is 6.45. The van der Waals surface area contributed by atoms with Crippen LogP contribution in [-0.4, -0.2) is 29.9 Å². The van der Waals surface area contributed by atoms with Gasteiger partial charge in [0.15, 0.2) is 0 Å². The minimum atomic E-state index is -10.7. The Balaban J connectivity index is -0.000000281. The van der Waals surface area contributed by atoms with E-state index in [2.05, 4.69) is 66.3 Å². The predicted octanol–water partition coefficient (Wildman–Crippen LogP) is 28.6. The van der Waals surface area contributed by atoms with Gasteiger partial charge in [0.2, 0.25) is 0 Å². The van der Waals surface area contributed by atoms with Gasteiger partial charge in [-0.05, 0) is 70.6 Å². The van der Waals surface area contributed by atoms with Gasteiger partial charge in [0.25, 0.3) is 0 Å². The molecule has 0 saturated heterocycles. The second-order valence-electron chi connectivity index (χ2n) is 19.2. The van der Waals surface area contributed by atoms with Gasteiger partial charge in [-0.1, -0.05) is 72.8 Å². The topological polar surface area (TPSA) is 220 Å². The summed E-state index contributed by atoms with van der Waals surface area (Å²) in [4.78, 5) is 25.3. The number of aromatic nitrogens is 6. The molecule has 114 heavy (non-hydrogen) atoms. The van der Waals surface area contributed by atoms with E-state index in [0.717, 1.165) is 67.5 Å². The SMILES string of the molecule is CC#N.CC#N.CC#N.CC#N.CC#N.CC#N.F[P-](F)(F)(F)(F)F.F[P-](F)(F)(F)(F)F.F[P-](F)(F)(F)(F)F.[Ir+3].[Ir+3].[Ir+3].[c-]1ccccc1-c1ccccn1.[c-]1ccccc1-c1ccccn1.[c-]1ccccc1-c1ccccn1.[c-]1ccccc1-c1ccccn1.[c-]1ccccc1-c1ccccn1.[c-]1ccccc1-c1ccccn1. The van der Waals surface area contributed by atoms with Crippen molar-refractivity contribution < 1.29 is 136 Å². The Labute approximate surface area is 690 Å². The summed E-state index contributed by atoms with van der Waals surface area (Å²) < 4.78 is 178. The molecule has 0 aliphatic rings. The molecule has 0 bridgehead atoms. The quantitative estimate of drug-likeness (QED) is 0.0862. The van der Waals surface area contributed by atoms with Crippen molar-refractivity contribution in [2.75, 3.05) is 0 Å². The molecule has 0 saturated carbocycles. The van der Waals surface area contributed by atoms with Crippen LogP contribution in [0.25, 0.3) is 67.5 Å². The molecule has 0 amide bonds. The molecule has 6 aromatic carbocycles. The van der Waals surface area contributed by atoms with Crippen LogP contribution in [0.2, 0.25) is 0 Å². The third kappa shape index (κ3) is 85.1. The molecule has 12 aromatic rings. The molecule has 0 atom stereocenters. The average Bonchev–Trinajstić information content (AvgIpc) is 0.800. The van der Waals surface area contributed by atoms with Gasteiger partial charge < -0.3 is 29.9 Å². The Morgan fingerprint density at radius 2 is 0.298 bits per heavy atom. The summed E-state index contributed by atoms with van der Waals surface area (Å²) in [5, 5.41) is 43.9. The number of benzene rings is 6. The molecule has 0 aliphatic carbocycles. The van der Waals surface area contributed by atoms with Gasteiger partial charge in [0.05, 0.1) is 36.4 Å². The second kappa shape index (κ2) is 56.4. The molecule has 0 spiro atoms. The molecule has 606 valence electrons. The Morgan fingerprint density at radius 1 is 0.202 bits per heavy atom. The van der Waals surface area contributed by atoms with Crippen LogP contribution < -0.4 is 0 Å². The molecule has 12 nitrogen and oxygen atoms in total. The van der Waals surface area contributed by atoms with Crippen molar-refractivity contribution in [3.63, 3.8) is 0 Å². The van der Waals surface area contributed by atoms with Crippen molar-refractivity contribution >= 4 is 23.4 Å². The van der Waals surface area contributed by atoms with E-state index < -0.39 is 23.4 Å². The van der Waals surface area contributed by atoms with Crippen LogP contribution in [0.5, 0.6) is 0 Å². The van der Waals surface area contributed by atoms with Crippen molar-refractivity contribution in [3.8, 4) is 104 Å².